The number of aliphatic hydroxyl groups is 3. The summed E-state index contributed by atoms with van der Waals surface area (Å²) in [7, 11) is 1.21. The van der Waals surface area contributed by atoms with Crippen molar-refractivity contribution >= 4 is 23.8 Å². The van der Waals surface area contributed by atoms with E-state index in [1.165, 1.54) is 26.2 Å². The zero-order valence-electron chi connectivity index (χ0n) is 34.1. The van der Waals surface area contributed by atoms with Gasteiger partial charge >= 0.3 is 17.9 Å². The zero-order valence-corrected chi connectivity index (χ0v) is 34.1. The van der Waals surface area contributed by atoms with Crippen molar-refractivity contribution in [2.75, 3.05) is 26.9 Å². The second-order valence-corrected chi connectivity index (χ2v) is 14.1. The zero-order chi connectivity index (χ0) is 43.4. The lowest BCUT2D eigenvalue weighted by Crippen LogP contribution is -2.62. The molecule has 0 aromatic rings. The molecule has 10 unspecified atom stereocenters. The number of amides is 1. The van der Waals surface area contributed by atoms with E-state index in [1.54, 1.807) is 6.08 Å². The molecule has 0 saturated carbocycles. The summed E-state index contributed by atoms with van der Waals surface area (Å²) in [6.45, 7) is 9.80. The summed E-state index contributed by atoms with van der Waals surface area (Å²) >= 11 is 0. The fraction of sp³-hybridized carbons (Fsp3) is 0.488. The number of aliphatic carboxylic acids is 2. The summed E-state index contributed by atoms with van der Waals surface area (Å²) in [5.74, 6) is -5.11. The van der Waals surface area contributed by atoms with Gasteiger partial charge in [0.2, 0.25) is 5.91 Å². The maximum absolute atomic E-state index is 12.7. The SMILES string of the molecule is CCC1C(O)C(COC(=O)/C=C/C(C)=C/C=C/C(C)=C/C=C/C=C(C)/C=C/C=C(C)/C=C/C(=O)O)OC(COCC2C(C(=O)O)OC(OC)C(O)C2O)C1NC(C)=O. The fourth-order valence-corrected chi connectivity index (χ4v) is 6.18. The van der Waals surface area contributed by atoms with Crippen molar-refractivity contribution in [3.63, 3.8) is 0 Å². The highest BCUT2D eigenvalue weighted by atomic mass is 16.7. The quantitative estimate of drug-likeness (QED) is 0.0586. The molecule has 0 spiro atoms. The smallest absolute Gasteiger partial charge is 0.333 e. The molecule has 320 valence electrons. The number of rotatable bonds is 20. The third-order valence-electron chi connectivity index (χ3n) is 9.30. The van der Waals surface area contributed by atoms with Crippen LogP contribution in [-0.4, -0.2) is 125 Å². The number of nitrogens with one attached hydrogen (secondary N) is 1. The van der Waals surface area contributed by atoms with Crippen molar-refractivity contribution in [1.82, 2.24) is 5.32 Å². The average molecular weight is 814 g/mol. The molecular formula is C43H59NO14. The van der Waals surface area contributed by atoms with Crippen molar-refractivity contribution in [3.05, 3.63) is 107 Å². The molecule has 15 heteroatoms. The molecule has 1 amide bonds. The summed E-state index contributed by atoms with van der Waals surface area (Å²) in [4.78, 5) is 47.2. The van der Waals surface area contributed by atoms with Gasteiger partial charge in [0.1, 0.15) is 24.9 Å². The first kappa shape index (κ1) is 49.4. The highest BCUT2D eigenvalue weighted by Gasteiger charge is 2.49. The Hall–Kier alpha value is -4.74. The van der Waals surface area contributed by atoms with Crippen LogP contribution in [0.2, 0.25) is 0 Å². The molecule has 58 heavy (non-hydrogen) atoms. The third kappa shape index (κ3) is 17.0. The normalized spacial score (nSPS) is 29.3. The number of hydrogen-bond acceptors (Lipinski definition) is 12. The molecule has 2 saturated heterocycles. The number of hydrogen-bond donors (Lipinski definition) is 6. The van der Waals surface area contributed by atoms with E-state index in [4.69, 9.17) is 28.8 Å². The number of carbonyl (C=O) groups is 4. The number of carboxylic acid groups (broad SMARTS) is 2. The van der Waals surface area contributed by atoms with E-state index in [-0.39, 0.29) is 25.7 Å². The van der Waals surface area contributed by atoms with Crippen LogP contribution >= 0.6 is 0 Å². The topological polar surface area (TPSA) is 228 Å². The van der Waals surface area contributed by atoms with Gasteiger partial charge in [0.05, 0.1) is 31.5 Å². The van der Waals surface area contributed by atoms with Crippen LogP contribution in [0.3, 0.4) is 0 Å². The molecule has 6 N–H and O–H groups in total. The number of carboxylic acids is 2. The molecule has 0 aliphatic carbocycles. The predicted molar refractivity (Wildman–Crippen MR) is 215 cm³/mol. The predicted octanol–water partition coefficient (Wildman–Crippen LogP) is 3.65. The Morgan fingerprint density at radius 1 is 0.638 bits per heavy atom. The highest BCUT2D eigenvalue weighted by Crippen LogP contribution is 2.31. The largest absolute Gasteiger partial charge is 0.479 e. The lowest BCUT2D eigenvalue weighted by atomic mass is 9.82. The van der Waals surface area contributed by atoms with Crippen LogP contribution in [0, 0.1) is 11.8 Å². The van der Waals surface area contributed by atoms with Crippen LogP contribution in [0.25, 0.3) is 0 Å². The summed E-state index contributed by atoms with van der Waals surface area (Å²) in [6, 6.07) is -0.713. The van der Waals surface area contributed by atoms with Crippen molar-refractivity contribution in [2.45, 2.75) is 96.9 Å². The summed E-state index contributed by atoms with van der Waals surface area (Å²) < 4.78 is 27.6. The maximum Gasteiger partial charge on any atom is 0.333 e. The Labute approximate surface area is 340 Å². The standard InChI is InChI=1S/C43H59NO14/c1-8-31-37(44-30(6)45)33(24-55-23-32-39(50)40(51)43(54-7)58-41(32)42(52)53)57-34(38(31)49)25-56-36(48)22-20-29(5)18-12-16-27(3)14-10-9-13-26(2)15-11-17-28(4)19-21-35(46)47/h9-22,31-34,37-41,43,49-51H,8,23-25H2,1-7H3,(H,44,45)(H,46,47)(H,52,53)/b10-9+,15-11+,16-12+,21-19+,22-20+,26-13+,27-14+,28-17+,29-18+. The van der Waals surface area contributed by atoms with E-state index < -0.39 is 78.7 Å². The first-order chi connectivity index (χ1) is 27.5. The van der Waals surface area contributed by atoms with Crippen LogP contribution in [0.4, 0.5) is 0 Å². The van der Waals surface area contributed by atoms with Gasteiger partial charge in [-0.1, -0.05) is 102 Å². The van der Waals surface area contributed by atoms with Crippen LogP contribution < -0.4 is 5.32 Å². The van der Waals surface area contributed by atoms with Crippen LogP contribution in [0.15, 0.2) is 107 Å². The second kappa shape index (κ2) is 25.6. The van der Waals surface area contributed by atoms with E-state index in [0.29, 0.717) is 6.42 Å². The fourth-order valence-electron chi connectivity index (χ4n) is 6.18. The molecule has 0 aromatic carbocycles. The monoisotopic (exact) mass is 813 g/mol. The number of methoxy groups -OCH3 is 1. The van der Waals surface area contributed by atoms with Crippen molar-refractivity contribution in [3.8, 4) is 0 Å². The Morgan fingerprint density at radius 2 is 1.19 bits per heavy atom. The van der Waals surface area contributed by atoms with Crippen LogP contribution in [-0.2, 0) is 42.9 Å². The minimum Gasteiger partial charge on any atom is -0.479 e. The van der Waals surface area contributed by atoms with Crippen LogP contribution in [0.5, 0.6) is 0 Å². The molecule has 2 rings (SSSR count). The van der Waals surface area contributed by atoms with Crippen molar-refractivity contribution < 1.29 is 68.4 Å². The number of aliphatic hydroxyl groups excluding tert-OH is 3. The lowest BCUT2D eigenvalue weighted by Gasteiger charge is -2.45. The first-order valence-corrected chi connectivity index (χ1v) is 18.9. The molecule has 10 atom stereocenters. The van der Waals surface area contributed by atoms with Crippen molar-refractivity contribution in [1.29, 1.82) is 0 Å². The molecule has 15 nitrogen and oxygen atoms in total. The maximum atomic E-state index is 12.7. The van der Waals surface area contributed by atoms with Crippen LogP contribution in [0.1, 0.15) is 48.0 Å². The number of allylic oxidation sites excluding steroid dienone is 16. The highest BCUT2D eigenvalue weighted by molar-refractivity contribution is 5.82. The molecule has 2 fully saturated rings. The van der Waals surface area contributed by atoms with Gasteiger partial charge in [-0.3, -0.25) is 4.79 Å². The van der Waals surface area contributed by atoms with E-state index in [0.717, 1.165) is 28.4 Å². The van der Waals surface area contributed by atoms with E-state index in [9.17, 15) is 39.6 Å². The third-order valence-corrected chi connectivity index (χ3v) is 9.30. The van der Waals surface area contributed by atoms with Gasteiger partial charge in [-0.15, -0.1) is 0 Å². The Kier molecular flexibility index (Phi) is 21.8. The van der Waals surface area contributed by atoms with Gasteiger partial charge in [-0.05, 0) is 34.1 Å². The molecular weight excluding hydrogens is 754 g/mol. The minimum atomic E-state index is -1.54. The van der Waals surface area contributed by atoms with Gasteiger partial charge < -0.3 is 54.5 Å². The molecule has 2 aliphatic rings. The van der Waals surface area contributed by atoms with Gasteiger partial charge in [-0.2, -0.15) is 0 Å². The summed E-state index contributed by atoms with van der Waals surface area (Å²) in [5, 5.41) is 53.3. The number of ether oxygens (including phenoxy) is 5. The lowest BCUT2D eigenvalue weighted by molar-refractivity contribution is -0.282. The number of esters is 1. The van der Waals surface area contributed by atoms with E-state index in [2.05, 4.69) is 5.32 Å². The minimum absolute atomic E-state index is 0.204. The molecule has 2 heterocycles. The second-order valence-electron chi connectivity index (χ2n) is 14.1. The molecule has 2 aliphatic heterocycles. The number of carbonyl (C=O) groups excluding carboxylic acids is 2. The van der Waals surface area contributed by atoms with Gasteiger partial charge in [0, 0.05) is 38.0 Å². The Morgan fingerprint density at radius 3 is 1.71 bits per heavy atom. The van der Waals surface area contributed by atoms with E-state index >= 15 is 0 Å². The Balaban J connectivity index is 1.99. The van der Waals surface area contributed by atoms with E-state index in [1.807, 2.05) is 95.4 Å². The Bertz CT molecular complexity index is 1670. The van der Waals surface area contributed by atoms with Gasteiger partial charge in [-0.25, -0.2) is 14.4 Å². The molecule has 0 bridgehead atoms. The molecule has 0 aromatic heterocycles. The van der Waals surface area contributed by atoms with Crippen molar-refractivity contribution in [2.24, 2.45) is 11.8 Å². The summed E-state index contributed by atoms with van der Waals surface area (Å²) in [6.07, 6.45) is 15.8. The van der Waals surface area contributed by atoms with Gasteiger partial charge in [0.25, 0.3) is 0 Å². The summed E-state index contributed by atoms with van der Waals surface area (Å²) in [5.41, 5.74) is 3.58. The van der Waals surface area contributed by atoms with Gasteiger partial charge in [0.15, 0.2) is 12.4 Å². The molecule has 0 radical (unpaired) electrons. The average Bonchev–Trinajstić information content (AvgIpc) is 3.16. The first-order valence-electron chi connectivity index (χ1n) is 18.9.